The third-order valence-electron chi connectivity index (χ3n) is 7.44. The number of urea groups is 1. The maximum absolute atomic E-state index is 13.9. The van der Waals surface area contributed by atoms with Gasteiger partial charge in [0.15, 0.2) is 15.7 Å². The van der Waals surface area contributed by atoms with Crippen LogP contribution in [0.15, 0.2) is 30.3 Å². The second-order valence-electron chi connectivity index (χ2n) is 9.97. The van der Waals surface area contributed by atoms with E-state index in [0.717, 1.165) is 5.56 Å². The second kappa shape index (κ2) is 10.5. The zero-order valence-electron chi connectivity index (χ0n) is 21.4. The lowest BCUT2D eigenvalue weighted by Gasteiger charge is -2.35. The quantitative estimate of drug-likeness (QED) is 0.561. The van der Waals surface area contributed by atoms with Gasteiger partial charge in [-0.05, 0) is 63.8 Å². The number of nitrogens with one attached hydrogen (secondary N) is 2. The average molecular weight is 530 g/mol. The zero-order valence-corrected chi connectivity index (χ0v) is 22.2. The highest BCUT2D eigenvalue weighted by atomic mass is 32.2. The standard InChI is InChI=1S/C26H35N5O5S/c1-3-27-25(32)28-20-6-4-19(5-7-20)24-29-22(16-23(30-24)31-12-15-36-17-18(31)2)26(10-11-26)37(33,34)21-8-13-35-14-9-21/h4-7,16,18,21H,3,8-15,17H2,1-2H3,(H2,27,28,32)/t18-/m0/s1. The molecule has 200 valence electrons. The molecule has 2 aliphatic heterocycles. The monoisotopic (exact) mass is 529 g/mol. The van der Waals surface area contributed by atoms with E-state index in [2.05, 4.69) is 22.5 Å². The van der Waals surface area contributed by atoms with E-state index in [9.17, 15) is 13.2 Å². The number of carbonyl (C=O) groups is 1. The number of amides is 2. The van der Waals surface area contributed by atoms with Crippen molar-refractivity contribution in [3.05, 3.63) is 36.0 Å². The van der Waals surface area contributed by atoms with E-state index in [4.69, 9.17) is 19.4 Å². The molecule has 1 aromatic carbocycles. The van der Waals surface area contributed by atoms with Crippen molar-refractivity contribution in [2.75, 3.05) is 49.7 Å². The summed E-state index contributed by atoms with van der Waals surface area (Å²) in [6, 6.07) is 8.99. The van der Waals surface area contributed by atoms with E-state index in [1.54, 1.807) is 12.1 Å². The van der Waals surface area contributed by atoms with Crippen molar-refractivity contribution in [1.82, 2.24) is 15.3 Å². The van der Waals surface area contributed by atoms with Gasteiger partial charge in [0.1, 0.15) is 10.6 Å². The molecule has 10 nitrogen and oxygen atoms in total. The summed E-state index contributed by atoms with van der Waals surface area (Å²) in [6.07, 6.45) is 2.18. The Labute approximate surface area is 218 Å². The number of morpholine rings is 1. The first kappa shape index (κ1) is 25.9. The number of sulfone groups is 1. The Morgan fingerprint density at radius 2 is 1.84 bits per heavy atom. The molecular formula is C26H35N5O5S. The summed E-state index contributed by atoms with van der Waals surface area (Å²) in [5, 5.41) is 5.09. The van der Waals surface area contributed by atoms with E-state index in [1.807, 2.05) is 25.1 Å². The predicted molar refractivity (Wildman–Crippen MR) is 141 cm³/mol. The van der Waals surface area contributed by atoms with Gasteiger partial charge in [-0.15, -0.1) is 0 Å². The van der Waals surface area contributed by atoms with Crippen LogP contribution in [0.3, 0.4) is 0 Å². The lowest BCUT2D eigenvalue weighted by molar-refractivity contribution is 0.0981. The second-order valence-corrected chi connectivity index (χ2v) is 12.5. The first-order chi connectivity index (χ1) is 17.8. The molecule has 2 aromatic rings. The van der Waals surface area contributed by atoms with Crippen LogP contribution in [0.1, 0.15) is 45.2 Å². The van der Waals surface area contributed by atoms with E-state index in [-0.39, 0.29) is 12.1 Å². The molecule has 2 N–H and O–H groups in total. The fourth-order valence-electron chi connectivity index (χ4n) is 5.16. The normalized spacial score (nSPS) is 21.9. The minimum Gasteiger partial charge on any atom is -0.381 e. The van der Waals surface area contributed by atoms with Gasteiger partial charge in [0.05, 0.1) is 30.2 Å². The lowest BCUT2D eigenvalue weighted by Crippen LogP contribution is -2.44. The number of carbonyl (C=O) groups excluding carboxylic acids is 1. The van der Waals surface area contributed by atoms with Gasteiger partial charge in [0.25, 0.3) is 0 Å². The fourth-order valence-corrected chi connectivity index (χ4v) is 7.67. The third kappa shape index (κ3) is 5.17. The van der Waals surface area contributed by atoms with Crippen molar-refractivity contribution in [2.45, 2.75) is 55.6 Å². The van der Waals surface area contributed by atoms with Crippen LogP contribution >= 0.6 is 0 Å². The van der Waals surface area contributed by atoms with Crippen LogP contribution in [0.25, 0.3) is 11.4 Å². The van der Waals surface area contributed by atoms with Crippen molar-refractivity contribution >= 4 is 27.4 Å². The van der Waals surface area contributed by atoms with Gasteiger partial charge < -0.3 is 25.0 Å². The number of hydrogen-bond donors (Lipinski definition) is 2. The molecule has 1 aromatic heterocycles. The predicted octanol–water partition coefficient (Wildman–Crippen LogP) is 3.09. The fraction of sp³-hybridized carbons (Fsp3) is 0.577. The Morgan fingerprint density at radius 1 is 1.11 bits per heavy atom. The van der Waals surface area contributed by atoms with Crippen molar-refractivity contribution < 1.29 is 22.7 Å². The molecule has 0 spiro atoms. The van der Waals surface area contributed by atoms with E-state index < -0.39 is 19.8 Å². The van der Waals surface area contributed by atoms with Crippen LogP contribution in [-0.2, 0) is 24.1 Å². The number of rotatable bonds is 7. The highest BCUT2D eigenvalue weighted by Gasteiger charge is 2.59. The van der Waals surface area contributed by atoms with Crippen LogP contribution in [-0.4, -0.2) is 75.2 Å². The average Bonchev–Trinajstić information content (AvgIpc) is 3.73. The molecule has 11 heteroatoms. The first-order valence-corrected chi connectivity index (χ1v) is 14.6. The molecule has 37 heavy (non-hydrogen) atoms. The van der Waals surface area contributed by atoms with Gasteiger partial charge in [0, 0.05) is 43.6 Å². The van der Waals surface area contributed by atoms with Crippen molar-refractivity contribution in [1.29, 1.82) is 0 Å². The topological polar surface area (TPSA) is 123 Å². The number of aromatic nitrogens is 2. The smallest absolute Gasteiger partial charge is 0.319 e. The molecule has 3 aliphatic rings. The van der Waals surface area contributed by atoms with Crippen LogP contribution < -0.4 is 15.5 Å². The maximum atomic E-state index is 13.9. The van der Waals surface area contributed by atoms with E-state index >= 15 is 0 Å². The van der Waals surface area contributed by atoms with Gasteiger partial charge in [-0.2, -0.15) is 0 Å². The summed E-state index contributed by atoms with van der Waals surface area (Å²) >= 11 is 0. The highest BCUT2D eigenvalue weighted by molar-refractivity contribution is 7.93. The molecule has 0 radical (unpaired) electrons. The first-order valence-electron chi connectivity index (χ1n) is 13.0. The number of ether oxygens (including phenoxy) is 2. The largest absolute Gasteiger partial charge is 0.381 e. The van der Waals surface area contributed by atoms with Gasteiger partial charge >= 0.3 is 6.03 Å². The number of nitrogens with zero attached hydrogens (tertiary/aromatic N) is 3. The van der Waals surface area contributed by atoms with Crippen LogP contribution in [0, 0.1) is 0 Å². The molecule has 0 bridgehead atoms. The molecule has 2 amide bonds. The Kier molecular flexibility index (Phi) is 7.37. The van der Waals surface area contributed by atoms with Crippen LogP contribution in [0.5, 0.6) is 0 Å². The molecule has 1 atom stereocenters. The molecule has 5 rings (SSSR count). The van der Waals surface area contributed by atoms with Crippen molar-refractivity contribution in [2.24, 2.45) is 0 Å². The number of benzene rings is 1. The maximum Gasteiger partial charge on any atom is 0.319 e. The van der Waals surface area contributed by atoms with E-state index in [1.165, 1.54) is 0 Å². The molecule has 1 aliphatic carbocycles. The molecule has 3 heterocycles. The molecule has 2 saturated heterocycles. The summed E-state index contributed by atoms with van der Waals surface area (Å²) in [4.78, 5) is 23.8. The Morgan fingerprint density at radius 3 is 2.49 bits per heavy atom. The van der Waals surface area contributed by atoms with E-state index in [0.29, 0.717) is 88.2 Å². The minimum absolute atomic E-state index is 0.107. The summed E-state index contributed by atoms with van der Waals surface area (Å²) in [5.41, 5.74) is 1.97. The Bertz CT molecular complexity index is 1230. The molecule has 1 saturated carbocycles. The Balaban J connectivity index is 1.52. The summed E-state index contributed by atoms with van der Waals surface area (Å²) in [6.45, 7) is 7.26. The van der Waals surface area contributed by atoms with Gasteiger partial charge in [-0.25, -0.2) is 23.2 Å². The van der Waals surface area contributed by atoms with Crippen molar-refractivity contribution in [3.8, 4) is 11.4 Å². The van der Waals surface area contributed by atoms with Crippen LogP contribution in [0.2, 0.25) is 0 Å². The minimum atomic E-state index is -3.46. The highest BCUT2D eigenvalue weighted by Crippen LogP contribution is 2.55. The van der Waals surface area contributed by atoms with Gasteiger partial charge in [-0.1, -0.05) is 0 Å². The summed E-state index contributed by atoms with van der Waals surface area (Å²) < 4.78 is 37.8. The third-order valence-corrected chi connectivity index (χ3v) is 10.5. The molecule has 3 fully saturated rings. The van der Waals surface area contributed by atoms with Gasteiger partial charge in [-0.3, -0.25) is 0 Å². The molecular weight excluding hydrogens is 494 g/mol. The number of hydrogen-bond acceptors (Lipinski definition) is 8. The van der Waals surface area contributed by atoms with Crippen LogP contribution in [0.4, 0.5) is 16.3 Å². The SMILES string of the molecule is CCNC(=O)Nc1ccc(-c2nc(N3CCOC[C@@H]3C)cc(C3(S(=O)(=O)C4CCOCC4)CC3)n2)cc1. The Hall–Kier alpha value is -2.76. The summed E-state index contributed by atoms with van der Waals surface area (Å²) in [7, 11) is -3.46. The lowest BCUT2D eigenvalue weighted by atomic mass is 10.1. The number of anilines is 2. The molecule has 0 unspecified atom stereocenters. The summed E-state index contributed by atoms with van der Waals surface area (Å²) in [5.74, 6) is 1.19. The van der Waals surface area contributed by atoms with Crippen molar-refractivity contribution in [3.63, 3.8) is 0 Å². The van der Waals surface area contributed by atoms with Gasteiger partial charge in [0.2, 0.25) is 0 Å². The zero-order chi connectivity index (χ0) is 26.0.